The number of nitrogens with one attached hydrogen (secondary N) is 1. The molecular weight excluding hydrogens is 282 g/mol. The predicted molar refractivity (Wildman–Crippen MR) is 73.8 cm³/mol. The SMILES string of the molecule is Cc1[nH]nc(C(=O)OCC(=O)c2ccccc2Cl)c1N. The number of aryl methyl sites for hydroxylation is 1. The molecule has 104 valence electrons. The fraction of sp³-hybridized carbons (Fsp3) is 0.154. The first-order chi connectivity index (χ1) is 9.50. The first kappa shape index (κ1) is 14.1. The summed E-state index contributed by atoms with van der Waals surface area (Å²) in [6.07, 6.45) is 0. The zero-order chi connectivity index (χ0) is 14.7. The smallest absolute Gasteiger partial charge is 0.361 e. The second-order valence-corrected chi connectivity index (χ2v) is 4.50. The molecule has 0 aliphatic heterocycles. The van der Waals surface area contributed by atoms with Gasteiger partial charge in [-0.05, 0) is 19.1 Å². The Hall–Kier alpha value is -2.34. The van der Waals surface area contributed by atoms with Gasteiger partial charge in [0.05, 0.1) is 16.4 Å². The number of nitrogens with two attached hydrogens (primary N) is 1. The van der Waals surface area contributed by atoms with Crippen LogP contribution in [0.1, 0.15) is 26.5 Å². The van der Waals surface area contributed by atoms with Gasteiger partial charge in [0, 0.05) is 5.56 Å². The van der Waals surface area contributed by atoms with Crippen molar-refractivity contribution in [2.75, 3.05) is 12.3 Å². The molecule has 0 radical (unpaired) electrons. The number of H-pyrrole nitrogens is 1. The number of halogens is 1. The number of carbonyl (C=O) groups is 2. The van der Waals surface area contributed by atoms with Crippen molar-refractivity contribution in [3.8, 4) is 0 Å². The third-order valence-electron chi connectivity index (χ3n) is 2.70. The molecule has 3 N–H and O–H groups in total. The number of ether oxygens (including phenoxy) is 1. The van der Waals surface area contributed by atoms with E-state index < -0.39 is 18.4 Å². The van der Waals surface area contributed by atoms with E-state index in [1.54, 1.807) is 31.2 Å². The van der Waals surface area contributed by atoms with Crippen molar-refractivity contribution in [2.24, 2.45) is 0 Å². The predicted octanol–water partition coefficient (Wildman–Crippen LogP) is 1.99. The molecule has 1 heterocycles. The van der Waals surface area contributed by atoms with Crippen LogP contribution in [0.15, 0.2) is 24.3 Å². The Morgan fingerprint density at radius 1 is 1.40 bits per heavy atom. The number of aromatic nitrogens is 2. The third kappa shape index (κ3) is 2.80. The Morgan fingerprint density at radius 2 is 2.10 bits per heavy atom. The highest BCUT2D eigenvalue weighted by Crippen LogP contribution is 2.17. The molecule has 0 spiro atoms. The number of Topliss-reactive ketones (excluding diaryl/α,β-unsaturated/α-hetero) is 1. The molecule has 0 saturated carbocycles. The number of hydrogen-bond donors (Lipinski definition) is 2. The Balaban J connectivity index is 2.02. The number of carbonyl (C=O) groups excluding carboxylic acids is 2. The second kappa shape index (κ2) is 5.75. The highest BCUT2D eigenvalue weighted by molar-refractivity contribution is 6.34. The molecule has 0 saturated heterocycles. The van der Waals surface area contributed by atoms with Crippen LogP contribution in [0.4, 0.5) is 5.69 Å². The van der Waals surface area contributed by atoms with Crippen LogP contribution >= 0.6 is 11.6 Å². The van der Waals surface area contributed by atoms with Gasteiger partial charge in [-0.1, -0.05) is 23.7 Å². The van der Waals surface area contributed by atoms with Crippen LogP contribution < -0.4 is 5.73 Å². The summed E-state index contributed by atoms with van der Waals surface area (Å²) in [5.74, 6) is -1.15. The molecule has 0 bridgehead atoms. The fourth-order valence-corrected chi connectivity index (χ4v) is 1.80. The second-order valence-electron chi connectivity index (χ2n) is 4.09. The maximum Gasteiger partial charge on any atom is 0.361 e. The lowest BCUT2D eigenvalue weighted by Gasteiger charge is -2.04. The van der Waals surface area contributed by atoms with Crippen molar-refractivity contribution < 1.29 is 14.3 Å². The minimum atomic E-state index is -0.757. The molecule has 1 aromatic carbocycles. The van der Waals surface area contributed by atoms with Gasteiger partial charge >= 0.3 is 5.97 Å². The van der Waals surface area contributed by atoms with Crippen molar-refractivity contribution in [1.29, 1.82) is 0 Å². The van der Waals surface area contributed by atoms with Crippen LogP contribution in [0, 0.1) is 6.92 Å². The number of aromatic amines is 1. The number of nitrogen functional groups attached to an aromatic ring is 1. The van der Waals surface area contributed by atoms with Crippen molar-refractivity contribution in [3.63, 3.8) is 0 Å². The highest BCUT2D eigenvalue weighted by Gasteiger charge is 2.19. The van der Waals surface area contributed by atoms with E-state index >= 15 is 0 Å². The van der Waals surface area contributed by atoms with Crippen LogP contribution in [-0.2, 0) is 4.74 Å². The summed E-state index contributed by atoms with van der Waals surface area (Å²) in [6.45, 7) is 1.25. The topological polar surface area (TPSA) is 98.1 Å². The molecule has 1 aromatic heterocycles. The third-order valence-corrected chi connectivity index (χ3v) is 3.03. The Morgan fingerprint density at radius 3 is 2.70 bits per heavy atom. The minimum absolute atomic E-state index is 0.0329. The van der Waals surface area contributed by atoms with E-state index in [2.05, 4.69) is 10.2 Å². The summed E-state index contributed by atoms with van der Waals surface area (Å²) in [5.41, 5.74) is 6.68. The number of hydrogen-bond acceptors (Lipinski definition) is 5. The Bertz CT molecular complexity index is 667. The van der Waals surface area contributed by atoms with Crippen LogP contribution in [-0.4, -0.2) is 28.6 Å². The lowest BCUT2D eigenvalue weighted by molar-refractivity contribution is 0.0470. The minimum Gasteiger partial charge on any atom is -0.452 e. The number of benzene rings is 1. The van der Waals surface area contributed by atoms with Gasteiger partial charge in [-0.25, -0.2) is 4.79 Å². The van der Waals surface area contributed by atoms with Gasteiger partial charge in [-0.3, -0.25) is 9.89 Å². The molecule has 0 fully saturated rings. The van der Waals surface area contributed by atoms with Gasteiger partial charge in [0.25, 0.3) is 0 Å². The number of ketones is 1. The molecule has 0 unspecified atom stereocenters. The summed E-state index contributed by atoms with van der Waals surface area (Å²) < 4.78 is 4.88. The average molecular weight is 294 g/mol. The van der Waals surface area contributed by atoms with Crippen LogP contribution in [0.2, 0.25) is 5.02 Å². The Labute approximate surface area is 119 Å². The van der Waals surface area contributed by atoms with E-state index in [1.807, 2.05) is 0 Å². The first-order valence-electron chi connectivity index (χ1n) is 5.76. The summed E-state index contributed by atoms with van der Waals surface area (Å²) in [4.78, 5) is 23.6. The molecular formula is C13H12ClN3O3. The van der Waals surface area contributed by atoms with E-state index in [0.29, 0.717) is 16.3 Å². The largest absolute Gasteiger partial charge is 0.452 e. The van der Waals surface area contributed by atoms with E-state index in [1.165, 1.54) is 0 Å². The van der Waals surface area contributed by atoms with Crippen molar-refractivity contribution in [2.45, 2.75) is 6.92 Å². The van der Waals surface area contributed by atoms with Gasteiger partial charge in [-0.15, -0.1) is 0 Å². The molecule has 0 amide bonds. The van der Waals surface area contributed by atoms with Crippen LogP contribution in [0.3, 0.4) is 0 Å². The normalized spacial score (nSPS) is 10.3. The number of esters is 1. The van der Waals surface area contributed by atoms with E-state index in [4.69, 9.17) is 22.1 Å². The average Bonchev–Trinajstić information content (AvgIpc) is 2.76. The van der Waals surface area contributed by atoms with Gasteiger partial charge in [0.15, 0.2) is 12.3 Å². The van der Waals surface area contributed by atoms with E-state index in [0.717, 1.165) is 0 Å². The van der Waals surface area contributed by atoms with Crippen molar-refractivity contribution >= 4 is 29.0 Å². The van der Waals surface area contributed by atoms with Crippen LogP contribution in [0.5, 0.6) is 0 Å². The monoisotopic (exact) mass is 293 g/mol. The Kier molecular flexibility index (Phi) is 4.05. The number of nitrogens with zero attached hydrogens (tertiary/aromatic N) is 1. The quantitative estimate of drug-likeness (QED) is 0.663. The molecule has 2 aromatic rings. The molecule has 0 atom stereocenters. The zero-order valence-corrected chi connectivity index (χ0v) is 11.4. The number of rotatable bonds is 4. The van der Waals surface area contributed by atoms with Gasteiger partial charge in [0.1, 0.15) is 0 Å². The lowest BCUT2D eigenvalue weighted by Crippen LogP contribution is -2.15. The number of anilines is 1. The summed E-state index contributed by atoms with van der Waals surface area (Å²) in [5, 5.41) is 6.59. The van der Waals surface area contributed by atoms with E-state index in [9.17, 15) is 9.59 Å². The molecule has 2 rings (SSSR count). The maximum atomic E-state index is 11.9. The summed E-state index contributed by atoms with van der Waals surface area (Å²) in [7, 11) is 0. The van der Waals surface area contributed by atoms with Crippen molar-refractivity contribution in [3.05, 3.63) is 46.2 Å². The summed E-state index contributed by atoms with van der Waals surface area (Å²) in [6, 6.07) is 6.53. The standard InChI is InChI=1S/C13H12ClN3O3/c1-7-11(15)12(17-16-7)13(19)20-6-10(18)8-4-2-3-5-9(8)14/h2-5H,6,15H2,1H3,(H,16,17). The van der Waals surface area contributed by atoms with E-state index in [-0.39, 0.29) is 11.4 Å². The molecule has 6 nitrogen and oxygen atoms in total. The molecule has 0 aliphatic rings. The van der Waals surface area contributed by atoms with Gasteiger partial charge in [0.2, 0.25) is 5.78 Å². The highest BCUT2D eigenvalue weighted by atomic mass is 35.5. The lowest BCUT2D eigenvalue weighted by atomic mass is 10.1. The molecule has 7 heteroatoms. The fourth-order valence-electron chi connectivity index (χ4n) is 1.56. The zero-order valence-electron chi connectivity index (χ0n) is 10.6. The van der Waals surface area contributed by atoms with Gasteiger partial charge < -0.3 is 10.5 Å². The molecule has 20 heavy (non-hydrogen) atoms. The summed E-state index contributed by atoms with van der Waals surface area (Å²) >= 11 is 5.88. The van der Waals surface area contributed by atoms with Crippen molar-refractivity contribution in [1.82, 2.24) is 10.2 Å². The van der Waals surface area contributed by atoms with Crippen LogP contribution in [0.25, 0.3) is 0 Å². The van der Waals surface area contributed by atoms with Gasteiger partial charge in [-0.2, -0.15) is 5.10 Å². The maximum absolute atomic E-state index is 11.9. The first-order valence-corrected chi connectivity index (χ1v) is 6.13. The molecule has 0 aliphatic carbocycles.